The first-order valence-electron chi connectivity index (χ1n) is 21.7. The Kier molecular flexibility index (Phi) is 20.2. The van der Waals surface area contributed by atoms with Crippen molar-refractivity contribution in [2.45, 2.75) is 140 Å². The number of nitrogens with zero attached hydrogens (tertiary/aromatic N) is 2. The van der Waals surface area contributed by atoms with E-state index in [1.54, 1.807) is 13.8 Å². The first-order chi connectivity index (χ1) is 30.9. The number of aliphatic hydroxyl groups is 2. The normalized spacial score (nSPS) is 19.5. The van der Waals surface area contributed by atoms with Gasteiger partial charge in [-0.05, 0) is 76.5 Å². The number of carboxylic acid groups (broad SMARTS) is 2. The molecule has 1 aromatic rings. The summed E-state index contributed by atoms with van der Waals surface area (Å²) in [7, 11) is 0. The van der Waals surface area contributed by atoms with Gasteiger partial charge >= 0.3 is 11.9 Å². The number of hydrogen-bond donors (Lipinski definition) is 12. The number of rotatable bonds is 23. The third-order valence-corrected chi connectivity index (χ3v) is 11.1. The number of aliphatic carboxylic acids is 2. The van der Waals surface area contributed by atoms with Crippen LogP contribution < -0.4 is 37.6 Å². The minimum atomic E-state index is -1.86. The van der Waals surface area contributed by atoms with Crippen molar-refractivity contribution in [3.05, 3.63) is 29.8 Å². The number of nitrogens with two attached hydrogens (primary N) is 1. The average Bonchev–Trinajstić information content (AvgIpc) is 3.95. The molecule has 8 amide bonds. The maximum atomic E-state index is 14.3. The van der Waals surface area contributed by atoms with Gasteiger partial charge in [0, 0.05) is 19.5 Å². The van der Waals surface area contributed by atoms with E-state index in [4.69, 9.17) is 10.8 Å². The largest absolute Gasteiger partial charge is 0.508 e. The van der Waals surface area contributed by atoms with Gasteiger partial charge in [0.15, 0.2) is 0 Å². The van der Waals surface area contributed by atoms with Crippen LogP contribution in [0.5, 0.6) is 5.75 Å². The summed E-state index contributed by atoms with van der Waals surface area (Å²) in [5.41, 5.74) is 5.94. The van der Waals surface area contributed by atoms with Crippen molar-refractivity contribution < 1.29 is 73.5 Å². The number of aliphatic hydroxyl groups excluding tert-OH is 2. The van der Waals surface area contributed by atoms with Crippen LogP contribution in [0.25, 0.3) is 0 Å². The molecule has 2 fully saturated rings. The Morgan fingerprint density at radius 2 is 1.21 bits per heavy atom. The highest BCUT2D eigenvalue weighted by atomic mass is 16.4. The van der Waals surface area contributed by atoms with Crippen LogP contribution in [0, 0.1) is 5.92 Å². The zero-order valence-corrected chi connectivity index (χ0v) is 37.5. The Hall–Kier alpha value is -6.40. The maximum absolute atomic E-state index is 14.3. The van der Waals surface area contributed by atoms with E-state index in [0.717, 1.165) is 11.8 Å². The number of benzene rings is 1. The zero-order chi connectivity index (χ0) is 49.6. The highest BCUT2D eigenvalue weighted by molar-refractivity contribution is 5.99. The van der Waals surface area contributed by atoms with Crippen LogP contribution in [-0.4, -0.2) is 175 Å². The van der Waals surface area contributed by atoms with Gasteiger partial charge in [-0.3, -0.25) is 43.2 Å². The van der Waals surface area contributed by atoms with Crippen molar-refractivity contribution in [3.8, 4) is 5.75 Å². The van der Waals surface area contributed by atoms with Gasteiger partial charge in [-0.1, -0.05) is 26.0 Å². The summed E-state index contributed by atoms with van der Waals surface area (Å²) in [5, 5.41) is 63.3. The predicted octanol–water partition coefficient (Wildman–Crippen LogP) is -3.83. The van der Waals surface area contributed by atoms with E-state index in [9.17, 15) is 68.4 Å². The molecule has 2 aliphatic heterocycles. The van der Waals surface area contributed by atoms with Gasteiger partial charge in [-0.15, -0.1) is 0 Å². The fourth-order valence-corrected chi connectivity index (χ4v) is 7.53. The lowest BCUT2D eigenvalue weighted by Crippen LogP contribution is -2.62. The fraction of sp³-hybridized carbons (Fsp3) is 0.619. The molecule has 24 nitrogen and oxygen atoms in total. The molecule has 0 radical (unpaired) electrons. The summed E-state index contributed by atoms with van der Waals surface area (Å²) >= 11 is 0. The number of carboxylic acids is 2. The lowest BCUT2D eigenvalue weighted by atomic mass is 10.0. The van der Waals surface area contributed by atoms with Crippen molar-refractivity contribution in [1.82, 2.24) is 41.7 Å². The second kappa shape index (κ2) is 24.8. The van der Waals surface area contributed by atoms with Crippen LogP contribution in [0.15, 0.2) is 24.3 Å². The van der Waals surface area contributed by atoms with Crippen LogP contribution in [0.1, 0.15) is 78.7 Å². The Labute approximate surface area is 380 Å². The second-order valence-electron chi connectivity index (χ2n) is 17.0. The molecule has 2 saturated heterocycles. The van der Waals surface area contributed by atoms with Crippen molar-refractivity contribution in [3.63, 3.8) is 0 Å². The maximum Gasteiger partial charge on any atom is 0.326 e. The summed E-state index contributed by atoms with van der Waals surface area (Å²) in [6, 6.07) is -6.83. The standard InChI is InChI=1S/C42H63N9O15/c1-20(2)16-29(42(65)66)48-34(57)21(3)44-37(60)30-8-7-15-51(30)41(64)28(17-24-10-12-25(54)13-11-24)47-39(62)33(23(5)53)49-36(59)27(18-32(55)56)46-38(61)31-9-6-14-50(31)40(63)22(4)45-35(58)26(43)19-52/h10-13,20-23,26-31,33,52-54H,6-9,14-19,43H2,1-5H3,(H,44,60)(H,45,58)(H,46,61)(H,47,62)(H,48,57)(H,49,59)(H,55,56)(H,65,66)/t21-,22-,23+,26-,27-,28-,29-,30-,31-,33-/m0/s1. The Balaban J connectivity index is 1.81. The lowest BCUT2D eigenvalue weighted by molar-refractivity contribution is -0.144. The molecule has 13 N–H and O–H groups in total. The number of likely N-dealkylation sites (tertiary alicyclic amines) is 2. The fourth-order valence-electron chi connectivity index (χ4n) is 7.53. The third kappa shape index (κ3) is 15.4. The van der Waals surface area contributed by atoms with E-state index in [1.807, 2.05) is 0 Å². The summed E-state index contributed by atoms with van der Waals surface area (Å²) < 4.78 is 0. The van der Waals surface area contributed by atoms with Crippen LogP contribution in [0.3, 0.4) is 0 Å². The van der Waals surface area contributed by atoms with Gasteiger partial charge < -0.3 is 73.0 Å². The van der Waals surface area contributed by atoms with Crippen LogP contribution in [0.2, 0.25) is 0 Å². The van der Waals surface area contributed by atoms with Gasteiger partial charge in [-0.2, -0.15) is 0 Å². The quantitative estimate of drug-likeness (QED) is 0.0500. The van der Waals surface area contributed by atoms with E-state index in [-0.39, 0.29) is 50.4 Å². The molecule has 1 aromatic carbocycles. The molecular weight excluding hydrogens is 871 g/mol. The van der Waals surface area contributed by atoms with Crippen molar-refractivity contribution in [2.75, 3.05) is 19.7 Å². The summed E-state index contributed by atoms with van der Waals surface area (Å²) in [4.78, 5) is 133. The summed E-state index contributed by atoms with van der Waals surface area (Å²) in [6.07, 6.45) is -1.86. The number of carbonyl (C=O) groups is 10. The van der Waals surface area contributed by atoms with Gasteiger partial charge in [0.25, 0.3) is 0 Å². The van der Waals surface area contributed by atoms with Gasteiger partial charge in [0.1, 0.15) is 60.1 Å². The molecule has 3 rings (SSSR count). The Morgan fingerprint density at radius 3 is 1.73 bits per heavy atom. The predicted molar refractivity (Wildman–Crippen MR) is 230 cm³/mol. The van der Waals surface area contributed by atoms with Crippen molar-refractivity contribution >= 4 is 59.2 Å². The topological polar surface area (TPSA) is 377 Å². The number of hydrogen-bond acceptors (Lipinski definition) is 14. The number of carbonyl (C=O) groups excluding carboxylic acids is 8. The molecule has 0 spiro atoms. The molecule has 0 saturated carbocycles. The molecule has 2 aliphatic rings. The minimum absolute atomic E-state index is 0.0392. The SMILES string of the molecule is CC(C)C[C@H](NC(=O)[C@H](C)NC(=O)[C@@H]1CCCN1C(=O)[C@H](Cc1ccc(O)cc1)NC(=O)[C@@H](NC(=O)[C@H](CC(=O)O)NC(=O)[C@@H]1CCCN1C(=O)[C@H](C)NC(=O)[C@@H](N)CO)[C@@H](C)O)C(=O)O. The number of aromatic hydroxyl groups is 1. The van der Waals surface area contributed by atoms with E-state index >= 15 is 0 Å². The highest BCUT2D eigenvalue weighted by Crippen LogP contribution is 2.22. The Bertz CT molecular complexity index is 1950. The monoisotopic (exact) mass is 933 g/mol. The van der Waals surface area contributed by atoms with Crippen molar-refractivity contribution in [1.29, 1.82) is 0 Å². The Morgan fingerprint density at radius 1 is 0.667 bits per heavy atom. The first kappa shape index (κ1) is 53.9. The lowest BCUT2D eigenvalue weighted by Gasteiger charge is -2.31. The molecule has 66 heavy (non-hydrogen) atoms. The minimum Gasteiger partial charge on any atom is -0.508 e. The van der Waals surface area contributed by atoms with Crippen LogP contribution >= 0.6 is 0 Å². The van der Waals surface area contributed by atoms with Gasteiger partial charge in [-0.25, -0.2) is 4.79 Å². The van der Waals surface area contributed by atoms with E-state index < -0.39 is 133 Å². The molecule has 10 atom stereocenters. The first-order valence-corrected chi connectivity index (χ1v) is 21.7. The summed E-state index contributed by atoms with van der Waals surface area (Å²) in [6.45, 7) is 6.79. The van der Waals surface area contributed by atoms with E-state index in [2.05, 4.69) is 31.9 Å². The number of phenolic OH excluding ortho intramolecular Hbond substituents is 1. The molecule has 0 aliphatic carbocycles. The second-order valence-corrected chi connectivity index (χ2v) is 17.0. The van der Waals surface area contributed by atoms with Gasteiger partial charge in [0.2, 0.25) is 47.3 Å². The van der Waals surface area contributed by atoms with Crippen molar-refractivity contribution in [2.24, 2.45) is 11.7 Å². The van der Waals surface area contributed by atoms with Gasteiger partial charge in [0.05, 0.1) is 19.1 Å². The molecule has 2 heterocycles. The molecule has 24 heteroatoms. The molecule has 366 valence electrons. The number of nitrogens with one attached hydrogen (secondary N) is 6. The van der Waals surface area contributed by atoms with E-state index in [1.165, 1.54) is 43.0 Å². The summed E-state index contributed by atoms with van der Waals surface area (Å²) in [5.74, 6) is -10.0. The van der Waals surface area contributed by atoms with Crippen LogP contribution in [0.4, 0.5) is 0 Å². The molecule has 0 aromatic heterocycles. The number of amides is 8. The highest BCUT2D eigenvalue weighted by Gasteiger charge is 2.42. The zero-order valence-electron chi connectivity index (χ0n) is 37.5. The average molecular weight is 934 g/mol. The molecule has 0 bridgehead atoms. The van der Waals surface area contributed by atoms with E-state index in [0.29, 0.717) is 18.4 Å². The molecular formula is C42H63N9O15. The molecule has 0 unspecified atom stereocenters. The number of phenols is 1. The third-order valence-electron chi connectivity index (χ3n) is 11.1. The smallest absolute Gasteiger partial charge is 0.326 e. The van der Waals surface area contributed by atoms with Crippen LogP contribution in [-0.2, 0) is 54.4 Å².